The van der Waals surface area contributed by atoms with E-state index in [4.69, 9.17) is 18.0 Å². The Morgan fingerprint density at radius 3 is 2.65 bits per heavy atom. The van der Waals surface area contributed by atoms with Crippen molar-refractivity contribution in [3.63, 3.8) is 0 Å². The van der Waals surface area contributed by atoms with Crippen LogP contribution in [0.3, 0.4) is 0 Å². The molecule has 0 aliphatic rings. The number of thiocarbonyl (C=S) groups is 1. The zero-order valence-corrected chi connectivity index (χ0v) is 10.9. The van der Waals surface area contributed by atoms with Crippen molar-refractivity contribution in [2.24, 2.45) is 5.73 Å². The van der Waals surface area contributed by atoms with Crippen LogP contribution in [0.1, 0.15) is 5.56 Å². The van der Waals surface area contributed by atoms with Crippen LogP contribution in [0.25, 0.3) is 0 Å². The van der Waals surface area contributed by atoms with Gasteiger partial charge < -0.3 is 11.1 Å². The summed E-state index contributed by atoms with van der Waals surface area (Å²) in [6, 6.07) is 4.27. The fourth-order valence-corrected chi connectivity index (χ4v) is 1.78. The Bertz CT molecular complexity index is 529. The fraction of sp³-hybridized carbons (Fsp3) is 0.300. The molecule has 0 unspecified atom stereocenters. The van der Waals surface area contributed by atoms with Crippen molar-refractivity contribution in [1.29, 1.82) is 0 Å². The minimum Gasteiger partial charge on any atom is -0.389 e. The summed E-state index contributed by atoms with van der Waals surface area (Å²) in [6.45, 7) is 0.155. The summed E-state index contributed by atoms with van der Waals surface area (Å²) in [5.74, 6) is -0.562. The molecule has 0 bridgehead atoms. The van der Waals surface area contributed by atoms with Crippen molar-refractivity contribution < 1.29 is 12.8 Å². The standard InChI is InChI=1S/C10H13FN2O2S2/c1-17(14,15)5-4-13-9-3-2-7(10(12)16)6-8(9)11/h2-3,6,13H,4-5H2,1H3,(H2,12,16). The molecule has 1 aromatic rings. The first-order chi connectivity index (χ1) is 7.79. The average Bonchev–Trinajstić information content (AvgIpc) is 2.18. The summed E-state index contributed by atoms with van der Waals surface area (Å²) >= 11 is 4.71. The molecule has 0 aliphatic carbocycles. The minimum atomic E-state index is -3.05. The van der Waals surface area contributed by atoms with Crippen molar-refractivity contribution in [3.8, 4) is 0 Å². The molecule has 0 spiro atoms. The normalized spacial score (nSPS) is 11.2. The van der Waals surface area contributed by atoms with E-state index in [-0.39, 0.29) is 23.0 Å². The Morgan fingerprint density at radius 2 is 2.18 bits per heavy atom. The molecule has 1 aromatic carbocycles. The minimum absolute atomic E-state index is 0.0521. The number of nitrogens with one attached hydrogen (secondary N) is 1. The van der Waals surface area contributed by atoms with Crippen LogP contribution in [-0.2, 0) is 9.84 Å². The van der Waals surface area contributed by atoms with E-state index in [0.29, 0.717) is 5.56 Å². The number of anilines is 1. The molecule has 4 nitrogen and oxygen atoms in total. The molecule has 0 amide bonds. The molecule has 1 rings (SSSR count). The first-order valence-corrected chi connectivity index (χ1v) is 7.27. The molecule has 3 N–H and O–H groups in total. The quantitative estimate of drug-likeness (QED) is 0.782. The monoisotopic (exact) mass is 276 g/mol. The van der Waals surface area contributed by atoms with E-state index in [0.717, 1.165) is 6.26 Å². The number of nitrogens with two attached hydrogens (primary N) is 1. The van der Waals surface area contributed by atoms with Gasteiger partial charge >= 0.3 is 0 Å². The Balaban J connectivity index is 2.70. The van der Waals surface area contributed by atoms with Crippen molar-refractivity contribution in [1.82, 2.24) is 0 Å². The molecule has 0 aromatic heterocycles. The van der Waals surface area contributed by atoms with E-state index in [1.807, 2.05) is 0 Å². The van der Waals surface area contributed by atoms with E-state index in [1.165, 1.54) is 12.1 Å². The molecule has 0 aliphatic heterocycles. The molecule has 0 fully saturated rings. The van der Waals surface area contributed by atoms with Crippen LogP contribution >= 0.6 is 12.2 Å². The SMILES string of the molecule is CS(=O)(=O)CCNc1ccc(C(N)=S)cc1F. The van der Waals surface area contributed by atoms with Gasteiger partial charge in [-0.05, 0) is 18.2 Å². The first-order valence-electron chi connectivity index (χ1n) is 4.80. The molecule has 17 heavy (non-hydrogen) atoms. The van der Waals surface area contributed by atoms with E-state index in [2.05, 4.69) is 5.32 Å². The van der Waals surface area contributed by atoms with Gasteiger partial charge in [0.2, 0.25) is 0 Å². The van der Waals surface area contributed by atoms with Gasteiger partial charge in [0.25, 0.3) is 0 Å². The molecule has 7 heteroatoms. The van der Waals surface area contributed by atoms with Gasteiger partial charge in [-0.1, -0.05) is 12.2 Å². The number of benzene rings is 1. The number of hydrogen-bond acceptors (Lipinski definition) is 4. The van der Waals surface area contributed by atoms with Gasteiger partial charge in [-0.15, -0.1) is 0 Å². The topological polar surface area (TPSA) is 72.2 Å². The number of rotatable bonds is 5. The predicted molar refractivity (Wildman–Crippen MR) is 70.5 cm³/mol. The van der Waals surface area contributed by atoms with Gasteiger partial charge in [0.05, 0.1) is 11.4 Å². The van der Waals surface area contributed by atoms with Crippen LogP contribution < -0.4 is 11.1 Å². The summed E-state index contributed by atoms with van der Waals surface area (Å²) in [5.41, 5.74) is 6.02. The highest BCUT2D eigenvalue weighted by Gasteiger charge is 2.06. The van der Waals surface area contributed by atoms with Gasteiger partial charge in [-0.25, -0.2) is 12.8 Å². The smallest absolute Gasteiger partial charge is 0.149 e. The van der Waals surface area contributed by atoms with Gasteiger partial charge in [0.1, 0.15) is 20.6 Å². The molecule has 0 saturated heterocycles. The number of sulfone groups is 1. The van der Waals surface area contributed by atoms with Crippen LogP contribution in [0.4, 0.5) is 10.1 Å². The third-order valence-electron chi connectivity index (χ3n) is 2.04. The highest BCUT2D eigenvalue weighted by molar-refractivity contribution is 7.90. The van der Waals surface area contributed by atoms with Crippen LogP contribution in [0.2, 0.25) is 0 Å². The second kappa shape index (κ2) is 5.42. The Morgan fingerprint density at radius 1 is 1.53 bits per heavy atom. The second-order valence-electron chi connectivity index (χ2n) is 3.62. The van der Waals surface area contributed by atoms with Crippen molar-refractivity contribution >= 4 is 32.7 Å². The molecule has 0 saturated carbocycles. The fourth-order valence-electron chi connectivity index (χ4n) is 1.18. The maximum Gasteiger partial charge on any atom is 0.149 e. The summed E-state index contributed by atoms with van der Waals surface area (Å²) in [6.07, 6.45) is 1.13. The molecule has 0 radical (unpaired) electrons. The highest BCUT2D eigenvalue weighted by Crippen LogP contribution is 2.15. The molecule has 0 atom stereocenters. The van der Waals surface area contributed by atoms with Crippen molar-refractivity contribution in [2.45, 2.75) is 0 Å². The zero-order valence-electron chi connectivity index (χ0n) is 9.23. The summed E-state index contributed by atoms with van der Waals surface area (Å²) in [7, 11) is -3.05. The Labute approximate surface area is 105 Å². The van der Waals surface area contributed by atoms with E-state index in [9.17, 15) is 12.8 Å². The van der Waals surface area contributed by atoms with Gasteiger partial charge in [-0.3, -0.25) is 0 Å². The summed E-state index contributed by atoms with van der Waals surface area (Å²) in [4.78, 5) is 0.117. The number of hydrogen-bond donors (Lipinski definition) is 2. The molecule has 94 valence electrons. The lowest BCUT2D eigenvalue weighted by Crippen LogP contribution is -2.15. The van der Waals surface area contributed by atoms with Crippen LogP contribution in [0.5, 0.6) is 0 Å². The molecular formula is C10H13FN2O2S2. The Kier molecular flexibility index (Phi) is 4.41. The van der Waals surface area contributed by atoms with Crippen LogP contribution in [-0.4, -0.2) is 32.0 Å². The molecular weight excluding hydrogens is 263 g/mol. The lowest BCUT2D eigenvalue weighted by atomic mass is 10.2. The van der Waals surface area contributed by atoms with Crippen molar-refractivity contribution in [2.75, 3.05) is 23.9 Å². The van der Waals surface area contributed by atoms with Crippen LogP contribution in [0, 0.1) is 5.82 Å². The van der Waals surface area contributed by atoms with E-state index in [1.54, 1.807) is 6.07 Å². The average molecular weight is 276 g/mol. The lowest BCUT2D eigenvalue weighted by molar-refractivity contribution is 0.601. The maximum atomic E-state index is 13.5. The van der Waals surface area contributed by atoms with Crippen LogP contribution in [0.15, 0.2) is 18.2 Å². The molecule has 0 heterocycles. The van der Waals surface area contributed by atoms with Gasteiger partial charge in [0.15, 0.2) is 0 Å². The summed E-state index contributed by atoms with van der Waals surface area (Å²) < 4.78 is 35.3. The van der Waals surface area contributed by atoms with Crippen molar-refractivity contribution in [3.05, 3.63) is 29.6 Å². The predicted octanol–water partition coefficient (Wildman–Crippen LogP) is 0.916. The van der Waals surface area contributed by atoms with Gasteiger partial charge in [-0.2, -0.15) is 0 Å². The number of halogens is 1. The van der Waals surface area contributed by atoms with E-state index >= 15 is 0 Å². The third-order valence-corrected chi connectivity index (χ3v) is 3.22. The third kappa shape index (κ3) is 4.66. The summed E-state index contributed by atoms with van der Waals surface area (Å²) in [5, 5.41) is 2.70. The largest absolute Gasteiger partial charge is 0.389 e. The highest BCUT2D eigenvalue weighted by atomic mass is 32.2. The van der Waals surface area contributed by atoms with Gasteiger partial charge in [0, 0.05) is 18.4 Å². The maximum absolute atomic E-state index is 13.5. The Hall–Kier alpha value is -1.21. The zero-order chi connectivity index (χ0) is 13.1. The van der Waals surface area contributed by atoms with E-state index < -0.39 is 15.7 Å². The first kappa shape index (κ1) is 13.9. The second-order valence-corrected chi connectivity index (χ2v) is 6.32. The lowest BCUT2D eigenvalue weighted by Gasteiger charge is -2.08.